The summed E-state index contributed by atoms with van der Waals surface area (Å²) in [5, 5.41) is 8.28. The molecule has 1 aliphatic carbocycles. The van der Waals surface area contributed by atoms with Crippen LogP contribution in [0.15, 0.2) is 30.3 Å². The SMILES string of the molecule is CC1CCN(c2cc(N3CCCC[C@@H]3C)nc(NC(=S)NCC3(c4ccc(Cl)cc4)CCCCC3)n2)CC1. The highest BCUT2D eigenvalue weighted by molar-refractivity contribution is 7.80. The Labute approximate surface area is 238 Å². The van der Waals surface area contributed by atoms with Gasteiger partial charge < -0.3 is 20.4 Å². The normalized spacial score (nSPS) is 22.2. The van der Waals surface area contributed by atoms with Gasteiger partial charge in [0, 0.05) is 48.7 Å². The Morgan fingerprint density at radius 1 is 0.947 bits per heavy atom. The molecular formula is C30H43ClN6S. The van der Waals surface area contributed by atoms with Gasteiger partial charge in [-0.3, -0.25) is 0 Å². The molecular weight excluding hydrogens is 512 g/mol. The van der Waals surface area contributed by atoms with Crippen molar-refractivity contribution >= 4 is 46.5 Å². The van der Waals surface area contributed by atoms with Gasteiger partial charge in [0.15, 0.2) is 5.11 Å². The van der Waals surface area contributed by atoms with Crippen molar-refractivity contribution in [3.63, 3.8) is 0 Å². The van der Waals surface area contributed by atoms with Crippen molar-refractivity contribution in [3.05, 3.63) is 40.9 Å². The van der Waals surface area contributed by atoms with E-state index in [1.54, 1.807) is 0 Å². The molecule has 3 heterocycles. The van der Waals surface area contributed by atoms with Crippen LogP contribution in [-0.4, -0.2) is 47.3 Å². The molecule has 2 aromatic rings. The molecule has 0 spiro atoms. The Bertz CT molecular complexity index is 1080. The fourth-order valence-electron chi connectivity index (χ4n) is 6.46. The monoisotopic (exact) mass is 554 g/mol. The maximum absolute atomic E-state index is 6.20. The molecule has 0 amide bonds. The van der Waals surface area contributed by atoms with E-state index in [0.29, 0.717) is 17.1 Å². The van der Waals surface area contributed by atoms with Gasteiger partial charge >= 0.3 is 0 Å². The van der Waals surface area contributed by atoms with E-state index in [9.17, 15) is 0 Å². The molecule has 38 heavy (non-hydrogen) atoms. The Morgan fingerprint density at radius 2 is 1.66 bits per heavy atom. The van der Waals surface area contributed by atoms with Crippen LogP contribution in [0.1, 0.15) is 83.6 Å². The van der Waals surface area contributed by atoms with E-state index >= 15 is 0 Å². The molecule has 1 saturated carbocycles. The number of benzene rings is 1. The van der Waals surface area contributed by atoms with Crippen molar-refractivity contribution < 1.29 is 0 Å². The summed E-state index contributed by atoms with van der Waals surface area (Å²) >= 11 is 12.0. The van der Waals surface area contributed by atoms with Crippen LogP contribution in [0.2, 0.25) is 5.02 Å². The third-order valence-corrected chi connectivity index (χ3v) is 9.48. The predicted octanol–water partition coefficient (Wildman–Crippen LogP) is 6.93. The van der Waals surface area contributed by atoms with Gasteiger partial charge in [0.25, 0.3) is 0 Å². The number of aromatic nitrogens is 2. The zero-order valence-electron chi connectivity index (χ0n) is 23.0. The number of thiocarbonyl (C=S) groups is 1. The minimum atomic E-state index is 0.0656. The highest BCUT2D eigenvalue weighted by Gasteiger charge is 2.34. The van der Waals surface area contributed by atoms with Crippen LogP contribution in [0.4, 0.5) is 17.6 Å². The van der Waals surface area contributed by atoms with Crippen LogP contribution in [-0.2, 0) is 5.41 Å². The third-order valence-electron chi connectivity index (χ3n) is 8.98. The molecule has 0 bridgehead atoms. The zero-order valence-corrected chi connectivity index (χ0v) is 24.6. The van der Waals surface area contributed by atoms with Gasteiger partial charge in [-0.1, -0.05) is 49.9 Å². The van der Waals surface area contributed by atoms with Crippen molar-refractivity contribution in [1.29, 1.82) is 0 Å². The van der Waals surface area contributed by atoms with E-state index < -0.39 is 0 Å². The topological polar surface area (TPSA) is 56.3 Å². The highest BCUT2D eigenvalue weighted by Crippen LogP contribution is 2.39. The molecule has 0 radical (unpaired) electrons. The van der Waals surface area contributed by atoms with Gasteiger partial charge in [-0.2, -0.15) is 9.97 Å². The smallest absolute Gasteiger partial charge is 0.232 e. The van der Waals surface area contributed by atoms with E-state index in [2.05, 4.69) is 52.5 Å². The van der Waals surface area contributed by atoms with Crippen LogP contribution in [0, 0.1) is 5.92 Å². The molecule has 8 heteroatoms. The number of halogens is 1. The fraction of sp³-hybridized carbons (Fsp3) is 0.633. The highest BCUT2D eigenvalue weighted by atomic mass is 35.5. The average Bonchev–Trinajstić information content (AvgIpc) is 2.93. The molecule has 206 valence electrons. The van der Waals surface area contributed by atoms with Gasteiger partial charge in [0.05, 0.1) is 0 Å². The number of nitrogens with zero attached hydrogens (tertiary/aromatic N) is 4. The summed E-state index contributed by atoms with van der Waals surface area (Å²) in [6, 6.07) is 11.1. The van der Waals surface area contributed by atoms with E-state index in [4.69, 9.17) is 33.8 Å². The average molecular weight is 555 g/mol. The van der Waals surface area contributed by atoms with Crippen LogP contribution in [0.3, 0.4) is 0 Å². The molecule has 5 rings (SSSR count). The first-order valence-electron chi connectivity index (χ1n) is 14.6. The lowest BCUT2D eigenvalue weighted by Gasteiger charge is -2.38. The number of rotatable bonds is 6. The first kappa shape index (κ1) is 27.4. The minimum Gasteiger partial charge on any atom is -0.361 e. The second-order valence-electron chi connectivity index (χ2n) is 11.8. The molecule has 3 fully saturated rings. The van der Waals surface area contributed by atoms with E-state index in [-0.39, 0.29) is 5.41 Å². The maximum atomic E-state index is 6.20. The molecule has 2 saturated heterocycles. The van der Waals surface area contributed by atoms with Gasteiger partial charge in [-0.25, -0.2) is 0 Å². The Morgan fingerprint density at radius 3 is 2.37 bits per heavy atom. The Balaban J connectivity index is 1.33. The fourth-order valence-corrected chi connectivity index (χ4v) is 6.75. The first-order valence-corrected chi connectivity index (χ1v) is 15.4. The van der Waals surface area contributed by atoms with Crippen LogP contribution in [0.5, 0.6) is 0 Å². The number of nitrogens with one attached hydrogen (secondary N) is 2. The first-order chi connectivity index (χ1) is 18.4. The van der Waals surface area contributed by atoms with Crippen LogP contribution < -0.4 is 20.4 Å². The second kappa shape index (κ2) is 12.4. The van der Waals surface area contributed by atoms with Crippen molar-refractivity contribution in [2.45, 2.75) is 89.5 Å². The summed E-state index contributed by atoms with van der Waals surface area (Å²) in [5.74, 6) is 3.39. The number of piperidine rings is 2. The maximum Gasteiger partial charge on any atom is 0.232 e. The van der Waals surface area contributed by atoms with E-state index in [0.717, 1.165) is 61.6 Å². The molecule has 3 aliphatic rings. The summed E-state index contributed by atoms with van der Waals surface area (Å²) in [6.45, 7) is 8.57. The van der Waals surface area contributed by atoms with E-state index in [1.807, 2.05) is 12.1 Å². The van der Waals surface area contributed by atoms with Gasteiger partial charge in [0.1, 0.15) is 11.6 Å². The molecule has 2 N–H and O–H groups in total. The van der Waals surface area contributed by atoms with Crippen LogP contribution in [0.25, 0.3) is 0 Å². The summed E-state index contributed by atoms with van der Waals surface area (Å²) in [7, 11) is 0. The van der Waals surface area contributed by atoms with Crippen molar-refractivity contribution in [1.82, 2.24) is 15.3 Å². The van der Waals surface area contributed by atoms with Gasteiger partial charge in [-0.15, -0.1) is 0 Å². The van der Waals surface area contributed by atoms with Crippen molar-refractivity contribution in [3.8, 4) is 0 Å². The van der Waals surface area contributed by atoms with Crippen LogP contribution >= 0.6 is 23.8 Å². The molecule has 2 aliphatic heterocycles. The molecule has 1 aromatic heterocycles. The van der Waals surface area contributed by atoms with E-state index in [1.165, 1.54) is 56.9 Å². The Hall–Kier alpha value is -2.12. The summed E-state index contributed by atoms with van der Waals surface area (Å²) in [5.41, 5.74) is 1.41. The van der Waals surface area contributed by atoms with Gasteiger partial charge in [-0.05, 0) is 87.7 Å². The lowest BCUT2D eigenvalue weighted by molar-refractivity contribution is 0.292. The summed E-state index contributed by atoms with van der Waals surface area (Å²) < 4.78 is 0. The second-order valence-corrected chi connectivity index (χ2v) is 12.6. The molecule has 1 atom stereocenters. The molecule has 0 unspecified atom stereocenters. The lowest BCUT2D eigenvalue weighted by Crippen LogP contribution is -2.44. The minimum absolute atomic E-state index is 0.0656. The standard InChI is InChI=1S/C30H43ClN6S/c1-22-13-18-36(19-14-22)26-20-27(37-17-7-4-8-23(37)2)34-28(33-26)35-29(38)32-21-30(15-5-3-6-16-30)24-9-11-25(31)12-10-24/h9-12,20,22-23H,3-8,13-19,21H2,1-2H3,(H2,32,33,34,35,38)/t23-/m0/s1. The third kappa shape index (κ3) is 6.53. The molecule has 6 nitrogen and oxygen atoms in total. The predicted molar refractivity (Wildman–Crippen MR) is 164 cm³/mol. The molecule has 1 aromatic carbocycles. The lowest BCUT2D eigenvalue weighted by atomic mass is 9.69. The quantitative estimate of drug-likeness (QED) is 0.375. The summed E-state index contributed by atoms with van der Waals surface area (Å²) in [6.07, 6.45) is 12.2. The Kier molecular flexibility index (Phi) is 8.94. The number of hydrogen-bond acceptors (Lipinski definition) is 5. The van der Waals surface area contributed by atoms with Crippen molar-refractivity contribution in [2.24, 2.45) is 5.92 Å². The number of anilines is 3. The van der Waals surface area contributed by atoms with Crippen molar-refractivity contribution in [2.75, 3.05) is 41.3 Å². The number of hydrogen-bond donors (Lipinski definition) is 2. The zero-order chi connectivity index (χ0) is 26.5. The largest absolute Gasteiger partial charge is 0.361 e. The summed E-state index contributed by atoms with van der Waals surface area (Å²) in [4.78, 5) is 14.8. The van der Waals surface area contributed by atoms with Gasteiger partial charge in [0.2, 0.25) is 5.95 Å².